The minimum Gasteiger partial charge on any atom is -0.497 e. The van der Waals surface area contributed by atoms with E-state index >= 15 is 0 Å². The van der Waals surface area contributed by atoms with Gasteiger partial charge in [0.15, 0.2) is 0 Å². The Morgan fingerprint density at radius 1 is 1.22 bits per heavy atom. The molecule has 5 nitrogen and oxygen atoms in total. The smallest absolute Gasteiger partial charge is 0.267 e. The number of ether oxygens (including phenoxy) is 2. The van der Waals surface area contributed by atoms with Crippen LogP contribution in [0.25, 0.3) is 6.08 Å². The molecule has 0 unspecified atom stereocenters. The van der Waals surface area contributed by atoms with Crippen LogP contribution in [0.15, 0.2) is 47.4 Å². The molecule has 0 saturated carbocycles. The summed E-state index contributed by atoms with van der Waals surface area (Å²) in [6.45, 7) is 0.262. The molecule has 3 rings (SSSR count). The molecule has 0 spiro atoms. The van der Waals surface area contributed by atoms with Gasteiger partial charge in [-0.3, -0.25) is 9.69 Å². The van der Waals surface area contributed by atoms with E-state index in [-0.39, 0.29) is 12.6 Å². The van der Waals surface area contributed by atoms with Gasteiger partial charge in [-0.15, -0.1) is 0 Å². The molecule has 1 fully saturated rings. The molecule has 8 heteroatoms. The number of halogens is 1. The van der Waals surface area contributed by atoms with Crippen LogP contribution in [0.1, 0.15) is 5.56 Å². The van der Waals surface area contributed by atoms with Gasteiger partial charge in [-0.05, 0) is 42.5 Å². The molecule has 0 bridgehead atoms. The fourth-order valence-electron chi connectivity index (χ4n) is 2.50. The number of nitrogens with zero attached hydrogens (tertiary/aromatic N) is 1. The molecule has 1 aliphatic heterocycles. The van der Waals surface area contributed by atoms with Crippen molar-refractivity contribution >= 4 is 57.6 Å². The van der Waals surface area contributed by atoms with Crippen LogP contribution >= 0.6 is 35.6 Å². The number of benzene rings is 2. The Bertz CT molecular complexity index is 918. The number of methoxy groups -OCH3 is 2. The van der Waals surface area contributed by atoms with Gasteiger partial charge in [0.2, 0.25) is 0 Å². The van der Waals surface area contributed by atoms with Crippen LogP contribution in [-0.2, 0) is 4.79 Å². The summed E-state index contributed by atoms with van der Waals surface area (Å²) in [5.74, 6) is 1.17. The van der Waals surface area contributed by atoms with E-state index in [0.29, 0.717) is 25.7 Å². The van der Waals surface area contributed by atoms with Crippen LogP contribution in [0.3, 0.4) is 0 Å². The first kappa shape index (κ1) is 19.5. The molecule has 0 aromatic heterocycles. The maximum Gasteiger partial charge on any atom is 0.267 e. The molecule has 1 aliphatic rings. The molecular weight excluding hydrogens is 404 g/mol. The van der Waals surface area contributed by atoms with Crippen molar-refractivity contribution in [3.8, 4) is 11.5 Å². The van der Waals surface area contributed by atoms with Crippen LogP contribution in [0, 0.1) is 0 Å². The average Bonchev–Trinajstić information content (AvgIpc) is 2.93. The van der Waals surface area contributed by atoms with E-state index in [0.717, 1.165) is 11.3 Å². The van der Waals surface area contributed by atoms with Crippen LogP contribution in [0.4, 0.5) is 5.69 Å². The number of nitrogens with one attached hydrogen (secondary N) is 1. The number of rotatable bonds is 6. The SMILES string of the molecule is COc1ccc(OC)c(C=C2SC(=S)N(CNc3cccc(Cl)c3)C2=O)c1. The summed E-state index contributed by atoms with van der Waals surface area (Å²) in [5.41, 5.74) is 1.56. The van der Waals surface area contributed by atoms with Crippen molar-refractivity contribution in [1.29, 1.82) is 0 Å². The fourth-order valence-corrected chi connectivity index (χ4v) is 3.93. The molecule has 1 saturated heterocycles. The third kappa shape index (κ3) is 4.55. The van der Waals surface area contributed by atoms with Gasteiger partial charge >= 0.3 is 0 Å². The summed E-state index contributed by atoms with van der Waals surface area (Å²) in [4.78, 5) is 14.8. The highest BCUT2D eigenvalue weighted by molar-refractivity contribution is 8.26. The maximum absolute atomic E-state index is 12.8. The van der Waals surface area contributed by atoms with Gasteiger partial charge in [0.1, 0.15) is 15.8 Å². The highest BCUT2D eigenvalue weighted by Gasteiger charge is 2.32. The standard InChI is InChI=1S/C19H17ClN2O3S2/c1-24-15-6-7-16(25-2)12(8-15)9-17-18(23)22(19(26)27-17)11-21-14-5-3-4-13(20)10-14/h3-10,21H,11H2,1-2H3. The summed E-state index contributed by atoms with van der Waals surface area (Å²) in [7, 11) is 3.17. The Morgan fingerprint density at radius 3 is 2.74 bits per heavy atom. The molecule has 2 aromatic rings. The van der Waals surface area contributed by atoms with Crippen molar-refractivity contribution in [2.75, 3.05) is 26.2 Å². The van der Waals surface area contributed by atoms with Crippen molar-refractivity contribution in [3.05, 3.63) is 58.0 Å². The predicted molar refractivity (Wildman–Crippen MR) is 114 cm³/mol. The molecule has 0 aliphatic carbocycles. The van der Waals surface area contributed by atoms with Gasteiger partial charge in [0, 0.05) is 16.3 Å². The second-order valence-corrected chi connectivity index (χ2v) is 7.68. The summed E-state index contributed by atoms with van der Waals surface area (Å²) in [6, 6.07) is 12.7. The lowest BCUT2D eigenvalue weighted by atomic mass is 10.1. The molecule has 140 valence electrons. The monoisotopic (exact) mass is 420 g/mol. The largest absolute Gasteiger partial charge is 0.497 e. The van der Waals surface area contributed by atoms with E-state index in [4.69, 9.17) is 33.3 Å². The first-order valence-corrected chi connectivity index (χ1v) is 9.59. The Hall–Kier alpha value is -2.22. The molecule has 27 heavy (non-hydrogen) atoms. The van der Waals surface area contributed by atoms with Crippen LogP contribution in [0.2, 0.25) is 5.02 Å². The van der Waals surface area contributed by atoms with E-state index in [9.17, 15) is 4.79 Å². The molecule has 1 N–H and O–H groups in total. The predicted octanol–water partition coefficient (Wildman–Crippen LogP) is 4.63. The second-order valence-electron chi connectivity index (χ2n) is 5.56. The van der Waals surface area contributed by atoms with Crippen LogP contribution in [-0.4, -0.2) is 36.0 Å². The van der Waals surface area contributed by atoms with Gasteiger partial charge < -0.3 is 14.8 Å². The number of hydrogen-bond donors (Lipinski definition) is 1. The zero-order valence-corrected chi connectivity index (χ0v) is 17.1. The zero-order valence-electron chi connectivity index (χ0n) is 14.7. The van der Waals surface area contributed by atoms with Gasteiger partial charge in [-0.1, -0.05) is 41.6 Å². The average molecular weight is 421 g/mol. The molecular formula is C19H17ClN2O3S2. The lowest BCUT2D eigenvalue weighted by Gasteiger charge is -2.16. The summed E-state index contributed by atoms with van der Waals surface area (Å²) in [5, 5.41) is 3.78. The Kier molecular flexibility index (Phi) is 6.26. The molecule has 1 amide bonds. The maximum atomic E-state index is 12.8. The second kappa shape index (κ2) is 8.65. The lowest BCUT2D eigenvalue weighted by molar-refractivity contribution is -0.121. The first-order chi connectivity index (χ1) is 13.0. The van der Waals surface area contributed by atoms with Crippen molar-refractivity contribution < 1.29 is 14.3 Å². The Balaban J connectivity index is 1.78. The van der Waals surface area contributed by atoms with E-state index in [2.05, 4.69) is 5.32 Å². The fraction of sp³-hybridized carbons (Fsp3) is 0.158. The van der Waals surface area contributed by atoms with Crippen molar-refractivity contribution in [2.45, 2.75) is 0 Å². The summed E-state index contributed by atoms with van der Waals surface area (Å²) in [6.07, 6.45) is 1.76. The van der Waals surface area contributed by atoms with Gasteiger partial charge in [0.05, 0.1) is 25.8 Å². The highest BCUT2D eigenvalue weighted by Crippen LogP contribution is 2.35. The Labute approximate surface area is 172 Å². The van der Waals surface area contributed by atoms with Crippen LogP contribution in [0.5, 0.6) is 11.5 Å². The van der Waals surface area contributed by atoms with E-state index < -0.39 is 0 Å². The number of amides is 1. The van der Waals surface area contributed by atoms with Crippen molar-refractivity contribution in [3.63, 3.8) is 0 Å². The number of anilines is 1. The van der Waals surface area contributed by atoms with E-state index in [1.165, 1.54) is 16.7 Å². The topological polar surface area (TPSA) is 50.8 Å². The minimum atomic E-state index is -0.163. The zero-order chi connectivity index (χ0) is 19.4. The number of carbonyl (C=O) groups is 1. The molecule has 1 heterocycles. The summed E-state index contributed by atoms with van der Waals surface area (Å²) >= 11 is 12.6. The number of hydrogen-bond acceptors (Lipinski definition) is 6. The van der Waals surface area contributed by atoms with Gasteiger partial charge in [-0.2, -0.15) is 0 Å². The summed E-state index contributed by atoms with van der Waals surface area (Å²) < 4.78 is 11.1. The van der Waals surface area contributed by atoms with E-state index in [1.54, 1.807) is 44.6 Å². The highest BCUT2D eigenvalue weighted by atomic mass is 35.5. The number of carbonyl (C=O) groups excluding carboxylic acids is 1. The van der Waals surface area contributed by atoms with Gasteiger partial charge in [-0.25, -0.2) is 0 Å². The van der Waals surface area contributed by atoms with E-state index in [1.807, 2.05) is 18.2 Å². The van der Waals surface area contributed by atoms with Crippen molar-refractivity contribution in [2.24, 2.45) is 0 Å². The lowest BCUT2D eigenvalue weighted by Crippen LogP contribution is -2.33. The molecule has 2 aromatic carbocycles. The normalized spacial score (nSPS) is 15.4. The third-order valence-corrected chi connectivity index (χ3v) is 5.48. The van der Waals surface area contributed by atoms with Crippen molar-refractivity contribution in [1.82, 2.24) is 4.90 Å². The van der Waals surface area contributed by atoms with Gasteiger partial charge in [0.25, 0.3) is 5.91 Å². The third-order valence-electron chi connectivity index (χ3n) is 3.86. The number of thioether (sulfide) groups is 1. The molecule has 0 radical (unpaired) electrons. The first-order valence-electron chi connectivity index (χ1n) is 7.98. The minimum absolute atomic E-state index is 0.163. The molecule has 0 atom stereocenters. The number of thiocarbonyl (C=S) groups is 1. The van der Waals surface area contributed by atoms with Crippen LogP contribution < -0.4 is 14.8 Å². The quantitative estimate of drug-likeness (QED) is 0.543. The Morgan fingerprint density at radius 2 is 2.04 bits per heavy atom.